The van der Waals surface area contributed by atoms with Gasteiger partial charge in [-0.15, -0.1) is 0 Å². The van der Waals surface area contributed by atoms with E-state index in [2.05, 4.69) is 124 Å². The van der Waals surface area contributed by atoms with Crippen molar-refractivity contribution in [3.05, 3.63) is 254 Å². The second-order valence-corrected chi connectivity index (χ2v) is 18.6. The van der Waals surface area contributed by atoms with E-state index in [1.54, 1.807) is 0 Å². The third-order valence-corrected chi connectivity index (χ3v) is 14.1. The van der Waals surface area contributed by atoms with Crippen LogP contribution in [0.5, 0.6) is 0 Å². The first kappa shape index (κ1) is 44.0. The maximum atomic E-state index is 10.3. The Bertz CT molecular complexity index is 4410. The summed E-state index contributed by atoms with van der Waals surface area (Å²) in [6, 6.07) is 87.1. The molecule has 0 radical (unpaired) electrons. The highest BCUT2D eigenvalue weighted by molar-refractivity contribution is 6.12. The van der Waals surface area contributed by atoms with Gasteiger partial charge in [0.25, 0.3) is 0 Å². The summed E-state index contributed by atoms with van der Waals surface area (Å²) in [4.78, 5) is 30.9. The molecule has 9 nitrogen and oxygen atoms in total. The smallest absolute Gasteiger partial charge is 0.166 e. The van der Waals surface area contributed by atoms with Crippen molar-refractivity contribution in [3.63, 3.8) is 0 Å². The van der Waals surface area contributed by atoms with E-state index >= 15 is 0 Å². The Balaban J connectivity index is 0.983. The van der Waals surface area contributed by atoms with E-state index in [0.29, 0.717) is 46.1 Å². The van der Waals surface area contributed by atoms with Crippen molar-refractivity contribution in [1.82, 2.24) is 39.0 Å². The molecule has 0 aliphatic heterocycles. The van der Waals surface area contributed by atoms with Crippen molar-refractivity contribution in [2.45, 2.75) is 0 Å². The molecule has 0 aliphatic carbocycles. The molecule has 0 amide bonds. The highest BCUT2D eigenvalue weighted by Crippen LogP contribution is 2.42. The van der Waals surface area contributed by atoms with Crippen molar-refractivity contribution in [3.8, 4) is 96.9 Å². The average Bonchev–Trinajstić information content (AvgIpc) is 4.11. The van der Waals surface area contributed by atoms with Crippen LogP contribution in [-0.4, -0.2) is 39.0 Å². The second-order valence-electron chi connectivity index (χ2n) is 18.6. The molecular formula is C67H41N9. The summed E-state index contributed by atoms with van der Waals surface area (Å²) < 4.78 is 4.60. The summed E-state index contributed by atoms with van der Waals surface area (Å²) in [5, 5.41) is 14.8. The molecule has 0 saturated heterocycles. The van der Waals surface area contributed by atoms with Crippen LogP contribution in [0.1, 0.15) is 5.56 Å². The number of benzene rings is 10. The number of fused-ring (bicyclic) bond motifs is 6. The van der Waals surface area contributed by atoms with E-state index in [1.807, 2.05) is 140 Å². The Morgan fingerprint density at radius 2 is 0.592 bits per heavy atom. The lowest BCUT2D eigenvalue weighted by atomic mass is 9.99. The largest absolute Gasteiger partial charge is 0.309 e. The van der Waals surface area contributed by atoms with Crippen molar-refractivity contribution >= 4 is 43.6 Å². The molecule has 0 spiro atoms. The molecule has 0 bridgehead atoms. The zero-order chi connectivity index (χ0) is 50.5. The van der Waals surface area contributed by atoms with Gasteiger partial charge in [0.15, 0.2) is 34.9 Å². The minimum absolute atomic E-state index is 0.461. The molecule has 0 saturated carbocycles. The molecule has 0 aliphatic rings. The van der Waals surface area contributed by atoms with Gasteiger partial charge in [0, 0.05) is 54.9 Å². The van der Waals surface area contributed by atoms with Crippen molar-refractivity contribution in [1.29, 1.82) is 5.26 Å². The molecule has 76 heavy (non-hydrogen) atoms. The fourth-order valence-corrected chi connectivity index (χ4v) is 10.5. The standard InChI is InChI=1S/C67H41N9/c68-42-43-33-36-60(54(39-43)66-71-62(44-19-5-1-6-20-44)69-63(72-66)45-21-7-2-8-22-45)76-58-32-18-15-29-52(58)53-40-48(34-37-59(53)76)49-35-38-61(75-56-30-16-13-27-50(56)51-28-14-17-31-57(51)75)55(41-49)67-73-64(46-23-9-3-10-24-46)70-65(74-67)47-25-11-4-12-26-47/h1-41H. The Kier molecular flexibility index (Phi) is 10.7. The molecule has 10 aromatic carbocycles. The zero-order valence-corrected chi connectivity index (χ0v) is 40.7. The van der Waals surface area contributed by atoms with Crippen molar-refractivity contribution in [2.24, 2.45) is 0 Å². The van der Waals surface area contributed by atoms with Gasteiger partial charge in [0.2, 0.25) is 0 Å². The predicted molar refractivity (Wildman–Crippen MR) is 305 cm³/mol. The Morgan fingerprint density at radius 1 is 0.263 bits per heavy atom. The molecule has 0 unspecified atom stereocenters. The Labute approximate surface area is 437 Å². The first-order valence-electron chi connectivity index (χ1n) is 25.1. The van der Waals surface area contributed by atoms with Gasteiger partial charge in [0.1, 0.15) is 0 Å². The molecule has 4 heterocycles. The molecule has 9 heteroatoms. The summed E-state index contributed by atoms with van der Waals surface area (Å²) in [6.45, 7) is 0. The molecule has 14 aromatic rings. The van der Waals surface area contributed by atoms with E-state index in [1.165, 1.54) is 0 Å². The van der Waals surface area contributed by atoms with Crippen LogP contribution in [0.15, 0.2) is 249 Å². The normalized spacial score (nSPS) is 11.4. The zero-order valence-electron chi connectivity index (χ0n) is 40.7. The quantitative estimate of drug-likeness (QED) is 0.142. The number of nitriles is 1. The maximum absolute atomic E-state index is 10.3. The van der Waals surface area contributed by atoms with Crippen LogP contribution in [0.4, 0.5) is 0 Å². The molecular weight excluding hydrogens is 931 g/mol. The van der Waals surface area contributed by atoms with Gasteiger partial charge in [-0.3, -0.25) is 0 Å². The van der Waals surface area contributed by atoms with Crippen molar-refractivity contribution < 1.29 is 0 Å². The Hall–Kier alpha value is -10.7. The third kappa shape index (κ3) is 7.65. The second kappa shape index (κ2) is 18.4. The van der Waals surface area contributed by atoms with Crippen LogP contribution in [0.3, 0.4) is 0 Å². The van der Waals surface area contributed by atoms with Gasteiger partial charge in [-0.05, 0) is 71.8 Å². The van der Waals surface area contributed by atoms with Gasteiger partial charge < -0.3 is 9.13 Å². The predicted octanol–water partition coefficient (Wildman–Crippen LogP) is 15.8. The molecule has 0 fully saturated rings. The minimum atomic E-state index is 0.461. The summed E-state index contributed by atoms with van der Waals surface area (Å²) in [5.74, 6) is 3.27. The number of hydrogen-bond acceptors (Lipinski definition) is 7. The van der Waals surface area contributed by atoms with E-state index in [9.17, 15) is 5.26 Å². The van der Waals surface area contributed by atoms with Crippen LogP contribution in [-0.2, 0) is 0 Å². The number of nitrogens with zero attached hydrogens (tertiary/aromatic N) is 9. The average molecular weight is 972 g/mol. The van der Waals surface area contributed by atoms with E-state index in [-0.39, 0.29) is 0 Å². The number of hydrogen-bond donors (Lipinski definition) is 0. The van der Waals surface area contributed by atoms with Gasteiger partial charge in [-0.25, -0.2) is 29.9 Å². The lowest BCUT2D eigenvalue weighted by Gasteiger charge is -2.17. The monoisotopic (exact) mass is 971 g/mol. The van der Waals surface area contributed by atoms with Gasteiger partial charge in [-0.2, -0.15) is 5.26 Å². The number of rotatable bonds is 9. The maximum Gasteiger partial charge on any atom is 0.166 e. The van der Waals surface area contributed by atoms with E-state index in [0.717, 1.165) is 93.9 Å². The van der Waals surface area contributed by atoms with Gasteiger partial charge in [0.05, 0.1) is 45.1 Å². The Morgan fingerprint density at radius 3 is 1.03 bits per heavy atom. The van der Waals surface area contributed by atoms with Crippen LogP contribution in [0.2, 0.25) is 0 Å². The minimum Gasteiger partial charge on any atom is -0.309 e. The van der Waals surface area contributed by atoms with E-state index in [4.69, 9.17) is 29.9 Å². The van der Waals surface area contributed by atoms with E-state index < -0.39 is 0 Å². The molecule has 354 valence electrons. The first-order chi connectivity index (χ1) is 37.6. The topological polar surface area (TPSA) is 111 Å². The fourth-order valence-electron chi connectivity index (χ4n) is 10.5. The van der Waals surface area contributed by atoms with Gasteiger partial charge in [-0.1, -0.05) is 188 Å². The summed E-state index contributed by atoms with van der Waals surface area (Å²) in [5.41, 5.74) is 13.5. The molecule has 0 N–H and O–H groups in total. The SMILES string of the molecule is N#Cc1ccc(-n2c3ccccc3c3cc(-c4ccc(-n5c6ccccc6c6ccccc65)c(-c5nc(-c6ccccc6)nc(-c6ccccc6)n5)c4)ccc32)c(-c2nc(-c3ccccc3)nc(-c3ccccc3)n2)c1. The summed E-state index contributed by atoms with van der Waals surface area (Å²) in [7, 11) is 0. The van der Waals surface area contributed by atoms with Crippen LogP contribution < -0.4 is 0 Å². The number of para-hydroxylation sites is 3. The lowest BCUT2D eigenvalue weighted by Crippen LogP contribution is -2.04. The molecule has 14 rings (SSSR count). The molecule has 0 atom stereocenters. The molecule has 4 aromatic heterocycles. The fraction of sp³-hybridized carbons (Fsp3) is 0. The van der Waals surface area contributed by atoms with Crippen LogP contribution in [0.25, 0.3) is 134 Å². The summed E-state index contributed by atoms with van der Waals surface area (Å²) in [6.07, 6.45) is 0. The summed E-state index contributed by atoms with van der Waals surface area (Å²) >= 11 is 0. The number of aromatic nitrogens is 8. The van der Waals surface area contributed by atoms with Crippen LogP contribution in [0, 0.1) is 11.3 Å². The highest BCUT2D eigenvalue weighted by Gasteiger charge is 2.23. The van der Waals surface area contributed by atoms with Gasteiger partial charge >= 0.3 is 0 Å². The third-order valence-electron chi connectivity index (χ3n) is 14.1. The first-order valence-corrected chi connectivity index (χ1v) is 25.1. The van der Waals surface area contributed by atoms with Crippen molar-refractivity contribution in [2.75, 3.05) is 0 Å². The highest BCUT2D eigenvalue weighted by atomic mass is 15.1. The lowest BCUT2D eigenvalue weighted by molar-refractivity contribution is 1.06. The van der Waals surface area contributed by atoms with Crippen LogP contribution >= 0.6 is 0 Å².